The summed E-state index contributed by atoms with van der Waals surface area (Å²) in [7, 11) is 0. The molecular formula is C20H13BrClN3. The number of rotatable bonds is 4. The molecule has 3 aromatic rings. The lowest BCUT2D eigenvalue weighted by Crippen LogP contribution is -2.14. The molecule has 0 aliphatic heterocycles. The highest BCUT2D eigenvalue weighted by Gasteiger charge is 2.25. The Morgan fingerprint density at radius 3 is 2.52 bits per heavy atom. The summed E-state index contributed by atoms with van der Waals surface area (Å²) in [6.07, 6.45) is 0.474. The largest absolute Gasteiger partial charge is 0.253 e. The van der Waals surface area contributed by atoms with Gasteiger partial charge in [-0.15, -0.1) is 0 Å². The minimum atomic E-state index is -0.790. The summed E-state index contributed by atoms with van der Waals surface area (Å²) in [5.74, 6) is -1.12. The fraction of sp³-hybridized carbons (Fsp3) is 0.150. The zero-order valence-corrected chi connectivity index (χ0v) is 15.5. The first kappa shape index (κ1) is 17.4. The van der Waals surface area contributed by atoms with Crippen LogP contribution in [-0.2, 0) is 6.42 Å². The van der Waals surface area contributed by atoms with Crippen LogP contribution in [-0.4, -0.2) is 4.98 Å². The maximum Gasteiger partial charge on any atom is 0.140 e. The first-order chi connectivity index (χ1) is 12.1. The lowest BCUT2D eigenvalue weighted by atomic mass is 9.84. The molecule has 0 aliphatic rings. The second-order valence-electron chi connectivity index (χ2n) is 5.71. The fourth-order valence-electron chi connectivity index (χ4n) is 2.87. The van der Waals surface area contributed by atoms with Crippen molar-refractivity contribution in [1.29, 1.82) is 10.5 Å². The molecule has 1 heterocycles. The number of fused-ring (bicyclic) bond motifs is 1. The van der Waals surface area contributed by atoms with E-state index in [-0.39, 0.29) is 5.92 Å². The van der Waals surface area contributed by atoms with Crippen LogP contribution in [0.2, 0.25) is 5.02 Å². The molecule has 0 fully saturated rings. The van der Waals surface area contributed by atoms with Crippen molar-refractivity contribution in [2.24, 2.45) is 5.92 Å². The van der Waals surface area contributed by atoms with E-state index in [0.717, 1.165) is 26.6 Å². The summed E-state index contributed by atoms with van der Waals surface area (Å²) in [5.41, 5.74) is 2.51. The van der Waals surface area contributed by atoms with E-state index in [1.807, 2.05) is 48.5 Å². The minimum absolute atomic E-state index is 0.330. The summed E-state index contributed by atoms with van der Waals surface area (Å²) in [6, 6.07) is 21.4. The Bertz CT molecular complexity index is 990. The van der Waals surface area contributed by atoms with Crippen molar-refractivity contribution in [3.8, 4) is 12.1 Å². The van der Waals surface area contributed by atoms with Gasteiger partial charge in [-0.2, -0.15) is 10.5 Å². The fourth-order valence-corrected chi connectivity index (χ4v) is 3.52. The van der Waals surface area contributed by atoms with Crippen LogP contribution in [0.5, 0.6) is 0 Å². The number of hydrogen-bond acceptors (Lipinski definition) is 3. The molecule has 0 amide bonds. The monoisotopic (exact) mass is 409 g/mol. The highest BCUT2D eigenvalue weighted by atomic mass is 79.9. The molecule has 0 spiro atoms. The Morgan fingerprint density at radius 2 is 1.80 bits per heavy atom. The SMILES string of the molecule is N#CC(C#N)C(Cc1ccc2cc(Br)ccc2n1)c1ccccc1Cl. The highest BCUT2D eigenvalue weighted by Crippen LogP contribution is 2.33. The van der Waals surface area contributed by atoms with Crippen LogP contribution >= 0.6 is 27.5 Å². The number of hydrogen-bond donors (Lipinski definition) is 0. The summed E-state index contributed by atoms with van der Waals surface area (Å²) >= 11 is 9.76. The van der Waals surface area contributed by atoms with Gasteiger partial charge in [0, 0.05) is 26.5 Å². The molecule has 0 saturated carbocycles. The molecule has 1 aromatic heterocycles. The second kappa shape index (κ2) is 7.66. The average Bonchev–Trinajstić information content (AvgIpc) is 2.62. The molecule has 1 unspecified atom stereocenters. The molecular weight excluding hydrogens is 398 g/mol. The third-order valence-corrected chi connectivity index (χ3v) is 4.96. The lowest BCUT2D eigenvalue weighted by Gasteiger charge is -2.19. The first-order valence-electron chi connectivity index (χ1n) is 7.71. The van der Waals surface area contributed by atoms with Crippen LogP contribution in [0.25, 0.3) is 10.9 Å². The maximum atomic E-state index is 9.39. The summed E-state index contributed by atoms with van der Waals surface area (Å²) < 4.78 is 0.998. The first-order valence-corrected chi connectivity index (χ1v) is 8.88. The average molecular weight is 411 g/mol. The van der Waals surface area contributed by atoms with Crippen molar-refractivity contribution in [2.75, 3.05) is 0 Å². The van der Waals surface area contributed by atoms with Gasteiger partial charge in [0.1, 0.15) is 5.92 Å². The third-order valence-electron chi connectivity index (χ3n) is 4.12. The van der Waals surface area contributed by atoms with Gasteiger partial charge in [0.25, 0.3) is 0 Å². The molecule has 3 rings (SSSR count). The minimum Gasteiger partial charge on any atom is -0.253 e. The molecule has 5 heteroatoms. The molecule has 0 radical (unpaired) electrons. The van der Waals surface area contributed by atoms with Gasteiger partial charge in [-0.3, -0.25) is 4.98 Å². The number of nitrogens with zero attached hydrogens (tertiary/aromatic N) is 3. The Balaban J connectivity index is 2.01. The normalized spacial score (nSPS) is 11.9. The Hall–Kier alpha value is -2.40. The van der Waals surface area contributed by atoms with E-state index in [2.05, 4.69) is 33.1 Å². The Labute approximate surface area is 159 Å². The number of benzene rings is 2. The quantitative estimate of drug-likeness (QED) is 0.559. The summed E-state index contributed by atoms with van der Waals surface area (Å²) in [6.45, 7) is 0. The van der Waals surface area contributed by atoms with Crippen molar-refractivity contribution in [2.45, 2.75) is 12.3 Å². The zero-order chi connectivity index (χ0) is 17.8. The maximum absolute atomic E-state index is 9.39. The van der Waals surface area contributed by atoms with E-state index < -0.39 is 5.92 Å². The zero-order valence-electron chi connectivity index (χ0n) is 13.2. The molecule has 0 saturated heterocycles. The number of nitriles is 2. The molecule has 2 aromatic carbocycles. The van der Waals surface area contributed by atoms with E-state index in [0.29, 0.717) is 11.4 Å². The van der Waals surface area contributed by atoms with Crippen LogP contribution in [0.15, 0.2) is 59.1 Å². The van der Waals surface area contributed by atoms with Crippen LogP contribution < -0.4 is 0 Å². The summed E-state index contributed by atoms with van der Waals surface area (Å²) in [5, 5.41) is 20.4. The van der Waals surface area contributed by atoms with E-state index in [1.165, 1.54) is 0 Å². The van der Waals surface area contributed by atoms with Crippen LogP contribution in [0, 0.1) is 28.6 Å². The van der Waals surface area contributed by atoms with E-state index in [9.17, 15) is 10.5 Å². The predicted molar refractivity (Wildman–Crippen MR) is 102 cm³/mol. The van der Waals surface area contributed by atoms with Gasteiger partial charge in [-0.25, -0.2) is 0 Å². The van der Waals surface area contributed by atoms with E-state index in [4.69, 9.17) is 11.6 Å². The van der Waals surface area contributed by atoms with E-state index in [1.54, 1.807) is 6.07 Å². The van der Waals surface area contributed by atoms with E-state index >= 15 is 0 Å². The van der Waals surface area contributed by atoms with Crippen LogP contribution in [0.3, 0.4) is 0 Å². The molecule has 25 heavy (non-hydrogen) atoms. The van der Waals surface area contributed by atoms with Crippen molar-refractivity contribution in [3.05, 3.63) is 75.4 Å². The van der Waals surface area contributed by atoms with Gasteiger partial charge in [0.2, 0.25) is 0 Å². The molecule has 122 valence electrons. The second-order valence-corrected chi connectivity index (χ2v) is 7.03. The smallest absolute Gasteiger partial charge is 0.140 e. The van der Waals surface area contributed by atoms with Gasteiger partial charge in [-0.05, 0) is 42.3 Å². The Kier molecular flexibility index (Phi) is 5.34. The van der Waals surface area contributed by atoms with Gasteiger partial charge < -0.3 is 0 Å². The van der Waals surface area contributed by atoms with Gasteiger partial charge >= 0.3 is 0 Å². The highest BCUT2D eigenvalue weighted by molar-refractivity contribution is 9.10. The molecule has 0 N–H and O–H groups in total. The predicted octanol–water partition coefficient (Wildman–Crippen LogP) is 5.64. The number of halogens is 2. The van der Waals surface area contributed by atoms with Crippen molar-refractivity contribution in [3.63, 3.8) is 0 Å². The Morgan fingerprint density at radius 1 is 1.04 bits per heavy atom. The molecule has 3 nitrogen and oxygen atoms in total. The van der Waals surface area contributed by atoms with Crippen LogP contribution in [0.1, 0.15) is 17.2 Å². The van der Waals surface area contributed by atoms with Gasteiger partial charge in [0.15, 0.2) is 0 Å². The molecule has 1 atom stereocenters. The topological polar surface area (TPSA) is 60.5 Å². The standard InChI is InChI=1S/C20H13BrClN3/c21-15-6-8-20-13(9-15)5-7-16(25-20)10-18(14(11-23)12-24)17-3-1-2-4-19(17)22/h1-9,14,18H,10H2. The summed E-state index contributed by atoms with van der Waals surface area (Å²) in [4.78, 5) is 4.68. The van der Waals surface area contributed by atoms with Crippen molar-refractivity contribution >= 4 is 38.4 Å². The molecule has 0 bridgehead atoms. The lowest BCUT2D eigenvalue weighted by molar-refractivity contribution is 0.601. The molecule has 0 aliphatic carbocycles. The number of aromatic nitrogens is 1. The van der Waals surface area contributed by atoms with Gasteiger partial charge in [-0.1, -0.05) is 51.8 Å². The van der Waals surface area contributed by atoms with Crippen LogP contribution in [0.4, 0.5) is 0 Å². The number of pyridine rings is 1. The van der Waals surface area contributed by atoms with Crippen molar-refractivity contribution in [1.82, 2.24) is 4.98 Å². The van der Waals surface area contributed by atoms with Crippen molar-refractivity contribution < 1.29 is 0 Å². The van der Waals surface area contributed by atoms with Gasteiger partial charge in [0.05, 0.1) is 17.7 Å². The third kappa shape index (κ3) is 3.82.